The lowest BCUT2D eigenvalue weighted by Gasteiger charge is -2.31. The number of aryl methyl sites for hydroxylation is 1. The predicted molar refractivity (Wildman–Crippen MR) is 78.8 cm³/mol. The van der Waals surface area contributed by atoms with Gasteiger partial charge in [0.05, 0.1) is 12.1 Å². The standard InChI is InChI=1S/C14H23N5O3/c1-22-11-13(20)18-7-2-4-12(10-18)14(21)15-5-3-8-19-9-6-16-17-19/h6,9,12H,2-5,7-8,10-11H2,1H3,(H,15,21)/t12-/m1/s1. The minimum Gasteiger partial charge on any atom is -0.375 e. The smallest absolute Gasteiger partial charge is 0.248 e. The number of methoxy groups -OCH3 is 1. The van der Waals surface area contributed by atoms with Crippen LogP contribution >= 0.6 is 0 Å². The van der Waals surface area contributed by atoms with Crippen molar-refractivity contribution in [2.75, 3.05) is 33.4 Å². The van der Waals surface area contributed by atoms with Crippen molar-refractivity contribution in [3.63, 3.8) is 0 Å². The quantitative estimate of drug-likeness (QED) is 0.697. The number of nitrogens with zero attached hydrogens (tertiary/aromatic N) is 4. The second-order valence-corrected chi connectivity index (χ2v) is 5.42. The molecule has 22 heavy (non-hydrogen) atoms. The van der Waals surface area contributed by atoms with Crippen LogP contribution < -0.4 is 5.32 Å². The molecule has 122 valence electrons. The van der Waals surface area contributed by atoms with Crippen molar-refractivity contribution in [1.29, 1.82) is 0 Å². The van der Waals surface area contributed by atoms with Crippen LogP contribution in [0.25, 0.3) is 0 Å². The van der Waals surface area contributed by atoms with E-state index in [9.17, 15) is 9.59 Å². The van der Waals surface area contributed by atoms with E-state index in [0.717, 1.165) is 25.8 Å². The normalized spacial score (nSPS) is 18.2. The van der Waals surface area contributed by atoms with Crippen LogP contribution in [0, 0.1) is 5.92 Å². The molecule has 1 aromatic rings. The maximum absolute atomic E-state index is 12.2. The summed E-state index contributed by atoms with van der Waals surface area (Å²) in [5, 5.41) is 10.5. The Balaban J connectivity index is 1.68. The van der Waals surface area contributed by atoms with E-state index >= 15 is 0 Å². The number of ether oxygens (including phenoxy) is 1. The van der Waals surface area contributed by atoms with E-state index in [0.29, 0.717) is 19.6 Å². The van der Waals surface area contributed by atoms with Crippen molar-refractivity contribution in [3.05, 3.63) is 12.4 Å². The Morgan fingerprint density at radius 1 is 1.45 bits per heavy atom. The van der Waals surface area contributed by atoms with E-state index in [1.165, 1.54) is 7.11 Å². The number of piperidine rings is 1. The maximum Gasteiger partial charge on any atom is 0.248 e. The molecule has 1 aliphatic rings. The van der Waals surface area contributed by atoms with E-state index in [2.05, 4.69) is 15.6 Å². The molecule has 0 bridgehead atoms. The summed E-state index contributed by atoms with van der Waals surface area (Å²) in [5.41, 5.74) is 0. The summed E-state index contributed by atoms with van der Waals surface area (Å²) < 4.78 is 6.60. The third-order valence-electron chi connectivity index (χ3n) is 3.75. The maximum atomic E-state index is 12.2. The third-order valence-corrected chi connectivity index (χ3v) is 3.75. The monoisotopic (exact) mass is 309 g/mol. The molecule has 2 rings (SSSR count). The van der Waals surface area contributed by atoms with Crippen LogP contribution in [-0.4, -0.2) is 65.1 Å². The summed E-state index contributed by atoms with van der Waals surface area (Å²) in [7, 11) is 1.50. The largest absolute Gasteiger partial charge is 0.375 e. The second kappa shape index (κ2) is 8.47. The number of carbonyl (C=O) groups excluding carboxylic acids is 2. The Hall–Kier alpha value is -1.96. The number of carbonyl (C=O) groups is 2. The lowest BCUT2D eigenvalue weighted by atomic mass is 9.97. The Labute approximate surface area is 129 Å². The van der Waals surface area contributed by atoms with Crippen molar-refractivity contribution in [1.82, 2.24) is 25.2 Å². The fraction of sp³-hybridized carbons (Fsp3) is 0.714. The summed E-state index contributed by atoms with van der Waals surface area (Å²) in [6.07, 6.45) is 5.90. The van der Waals surface area contributed by atoms with Crippen molar-refractivity contribution < 1.29 is 14.3 Å². The van der Waals surface area contributed by atoms with Crippen LogP contribution in [0.3, 0.4) is 0 Å². The van der Waals surface area contributed by atoms with E-state index < -0.39 is 0 Å². The van der Waals surface area contributed by atoms with E-state index in [4.69, 9.17) is 4.74 Å². The van der Waals surface area contributed by atoms with Gasteiger partial charge in [0.1, 0.15) is 6.61 Å². The van der Waals surface area contributed by atoms with Gasteiger partial charge in [0.2, 0.25) is 11.8 Å². The molecule has 0 aromatic carbocycles. The van der Waals surface area contributed by atoms with Crippen LogP contribution in [0.1, 0.15) is 19.3 Å². The highest BCUT2D eigenvalue weighted by atomic mass is 16.5. The van der Waals surface area contributed by atoms with Crippen LogP contribution in [0.4, 0.5) is 0 Å². The van der Waals surface area contributed by atoms with Gasteiger partial charge in [-0.2, -0.15) is 0 Å². The zero-order chi connectivity index (χ0) is 15.8. The molecule has 0 radical (unpaired) electrons. The Bertz CT molecular complexity index is 477. The number of amides is 2. The minimum atomic E-state index is -0.124. The van der Waals surface area contributed by atoms with Gasteiger partial charge in [-0.3, -0.25) is 14.3 Å². The van der Waals surface area contributed by atoms with Crippen LogP contribution in [0.5, 0.6) is 0 Å². The average molecular weight is 309 g/mol. The zero-order valence-corrected chi connectivity index (χ0v) is 12.9. The Kier molecular flexibility index (Phi) is 6.32. The highest BCUT2D eigenvalue weighted by Gasteiger charge is 2.27. The minimum absolute atomic E-state index is 0.0218. The fourth-order valence-electron chi connectivity index (χ4n) is 2.58. The fourth-order valence-corrected chi connectivity index (χ4v) is 2.58. The van der Waals surface area contributed by atoms with Gasteiger partial charge in [0, 0.05) is 39.5 Å². The molecule has 1 atom stereocenters. The second-order valence-electron chi connectivity index (χ2n) is 5.42. The summed E-state index contributed by atoms with van der Waals surface area (Å²) in [5.74, 6) is -0.152. The van der Waals surface area contributed by atoms with Gasteiger partial charge in [-0.15, -0.1) is 5.10 Å². The Morgan fingerprint density at radius 3 is 3.05 bits per heavy atom. The lowest BCUT2D eigenvalue weighted by molar-refractivity contribution is -0.138. The van der Waals surface area contributed by atoms with E-state index in [1.54, 1.807) is 22.0 Å². The number of likely N-dealkylation sites (tertiary alicyclic amines) is 1. The van der Waals surface area contributed by atoms with Crippen molar-refractivity contribution in [2.45, 2.75) is 25.8 Å². The first-order valence-corrected chi connectivity index (χ1v) is 7.59. The molecule has 1 N–H and O–H groups in total. The molecule has 0 aliphatic carbocycles. The molecule has 1 saturated heterocycles. The van der Waals surface area contributed by atoms with E-state index in [1.807, 2.05) is 0 Å². The van der Waals surface area contributed by atoms with Crippen molar-refractivity contribution in [3.8, 4) is 0 Å². The number of hydrogen-bond donors (Lipinski definition) is 1. The molecule has 0 saturated carbocycles. The van der Waals surface area contributed by atoms with Crippen molar-refractivity contribution >= 4 is 11.8 Å². The lowest BCUT2D eigenvalue weighted by Crippen LogP contribution is -2.46. The topological polar surface area (TPSA) is 89.4 Å². The molecule has 1 aliphatic heterocycles. The molecule has 0 spiro atoms. The first-order valence-electron chi connectivity index (χ1n) is 7.59. The van der Waals surface area contributed by atoms with Gasteiger partial charge in [-0.1, -0.05) is 5.21 Å². The molecule has 0 unspecified atom stereocenters. The summed E-state index contributed by atoms with van der Waals surface area (Å²) in [4.78, 5) is 25.7. The summed E-state index contributed by atoms with van der Waals surface area (Å²) >= 11 is 0. The molecule has 1 aromatic heterocycles. The van der Waals surface area contributed by atoms with Gasteiger partial charge in [0.25, 0.3) is 0 Å². The average Bonchev–Trinajstić information content (AvgIpc) is 3.05. The van der Waals surface area contributed by atoms with Gasteiger partial charge < -0.3 is 15.0 Å². The van der Waals surface area contributed by atoms with Crippen molar-refractivity contribution in [2.24, 2.45) is 5.92 Å². The van der Waals surface area contributed by atoms with Gasteiger partial charge in [-0.25, -0.2) is 0 Å². The van der Waals surface area contributed by atoms with Crippen LogP contribution in [0.2, 0.25) is 0 Å². The first-order chi connectivity index (χ1) is 10.7. The Morgan fingerprint density at radius 2 is 2.32 bits per heavy atom. The highest BCUT2D eigenvalue weighted by Crippen LogP contribution is 2.16. The van der Waals surface area contributed by atoms with Gasteiger partial charge in [0.15, 0.2) is 0 Å². The number of rotatable bonds is 7. The van der Waals surface area contributed by atoms with Crippen LogP contribution in [-0.2, 0) is 20.9 Å². The SMILES string of the molecule is COCC(=O)N1CCC[C@@H](C(=O)NCCCn2ccnn2)C1. The van der Waals surface area contributed by atoms with Gasteiger partial charge in [-0.05, 0) is 19.3 Å². The first kappa shape index (κ1) is 16.4. The number of aromatic nitrogens is 3. The zero-order valence-electron chi connectivity index (χ0n) is 12.9. The highest BCUT2D eigenvalue weighted by molar-refractivity contribution is 5.81. The van der Waals surface area contributed by atoms with Gasteiger partial charge >= 0.3 is 0 Å². The molecule has 8 nitrogen and oxygen atoms in total. The summed E-state index contributed by atoms with van der Waals surface area (Å²) in [6.45, 7) is 2.59. The van der Waals surface area contributed by atoms with E-state index in [-0.39, 0.29) is 24.3 Å². The molecule has 2 amide bonds. The molecule has 2 heterocycles. The molecular weight excluding hydrogens is 286 g/mol. The third kappa shape index (κ3) is 4.80. The number of nitrogens with one attached hydrogen (secondary N) is 1. The van der Waals surface area contributed by atoms with Crippen LogP contribution in [0.15, 0.2) is 12.4 Å². The molecular formula is C14H23N5O3. The predicted octanol–water partition coefficient (Wildman–Crippen LogP) is -0.331. The molecule has 1 fully saturated rings. The number of hydrogen-bond acceptors (Lipinski definition) is 5. The summed E-state index contributed by atoms with van der Waals surface area (Å²) in [6, 6.07) is 0. The molecule has 8 heteroatoms.